The fourth-order valence-electron chi connectivity index (χ4n) is 4.08. The molecular weight excluding hydrogens is 444 g/mol. The molecule has 0 amide bonds. The summed E-state index contributed by atoms with van der Waals surface area (Å²) in [6.45, 7) is 1.96. The minimum Gasteiger partial charge on any atom is -0.497 e. The van der Waals surface area contributed by atoms with E-state index in [1.807, 2.05) is 54.6 Å². The minimum absolute atomic E-state index is 0.213. The van der Waals surface area contributed by atoms with E-state index in [4.69, 9.17) is 18.6 Å². The molecule has 0 bridgehead atoms. The lowest BCUT2D eigenvalue weighted by molar-refractivity contribution is 0.0528. The fourth-order valence-corrected chi connectivity index (χ4v) is 4.08. The molecule has 0 aliphatic heterocycles. The Morgan fingerprint density at radius 2 is 1.54 bits per heavy atom. The highest BCUT2D eigenvalue weighted by Gasteiger charge is 2.26. The van der Waals surface area contributed by atoms with Crippen LogP contribution in [0.5, 0.6) is 11.5 Å². The lowest BCUT2D eigenvalue weighted by atomic mass is 10.0. The molecule has 0 aliphatic rings. The van der Waals surface area contributed by atoms with E-state index in [1.54, 1.807) is 37.3 Å². The van der Waals surface area contributed by atoms with Crippen LogP contribution in [-0.2, 0) is 4.74 Å². The molecule has 6 nitrogen and oxygen atoms in total. The van der Waals surface area contributed by atoms with Gasteiger partial charge in [-0.2, -0.15) is 0 Å². The SMILES string of the molecule is CCOC(=O)c1c(-c2ccccc2)oc2c1cc(OC(=O)c1cccc(OC)c1)c1ccccc12. The maximum absolute atomic E-state index is 13.1. The van der Waals surface area contributed by atoms with Gasteiger partial charge in [0.25, 0.3) is 0 Å². The average molecular weight is 466 g/mol. The largest absolute Gasteiger partial charge is 0.497 e. The number of carbonyl (C=O) groups is 2. The van der Waals surface area contributed by atoms with Crippen LogP contribution in [0.2, 0.25) is 0 Å². The quantitative estimate of drug-likeness (QED) is 0.206. The Kier molecular flexibility index (Phi) is 5.94. The molecule has 0 atom stereocenters. The van der Waals surface area contributed by atoms with Crippen LogP contribution < -0.4 is 9.47 Å². The Morgan fingerprint density at radius 1 is 0.800 bits per heavy atom. The Balaban J connectivity index is 1.72. The molecule has 6 heteroatoms. The summed E-state index contributed by atoms with van der Waals surface area (Å²) in [6, 6.07) is 25.2. The Bertz CT molecular complexity index is 1550. The van der Waals surface area contributed by atoms with Crippen molar-refractivity contribution in [3.63, 3.8) is 0 Å². The second-order valence-electron chi connectivity index (χ2n) is 7.81. The standard InChI is InChI=1S/C29H22O6/c1-3-33-29(31)25-23-17-24(34-28(30)19-12-9-13-20(16-19)32-2)21-14-7-8-15-22(21)27(23)35-26(25)18-10-5-4-6-11-18/h4-17H,3H2,1-2H3. The van der Waals surface area contributed by atoms with Crippen LogP contribution in [-0.4, -0.2) is 25.7 Å². The van der Waals surface area contributed by atoms with E-state index in [1.165, 1.54) is 7.11 Å². The van der Waals surface area contributed by atoms with Gasteiger partial charge in [0, 0.05) is 21.7 Å². The first-order valence-corrected chi connectivity index (χ1v) is 11.2. The van der Waals surface area contributed by atoms with E-state index in [0.29, 0.717) is 44.6 Å². The summed E-state index contributed by atoms with van der Waals surface area (Å²) in [7, 11) is 1.53. The molecule has 1 aromatic heterocycles. The van der Waals surface area contributed by atoms with Crippen LogP contribution in [0.25, 0.3) is 33.1 Å². The molecule has 5 rings (SSSR count). The van der Waals surface area contributed by atoms with Crippen molar-refractivity contribution in [1.29, 1.82) is 0 Å². The van der Waals surface area contributed by atoms with Crippen molar-refractivity contribution in [3.8, 4) is 22.8 Å². The van der Waals surface area contributed by atoms with Gasteiger partial charge in [0.2, 0.25) is 0 Å². The Labute approximate surface area is 201 Å². The molecule has 5 aromatic rings. The van der Waals surface area contributed by atoms with Crippen molar-refractivity contribution in [2.24, 2.45) is 0 Å². The van der Waals surface area contributed by atoms with Gasteiger partial charge in [-0.15, -0.1) is 0 Å². The molecule has 0 saturated carbocycles. The van der Waals surface area contributed by atoms with Gasteiger partial charge in [-0.1, -0.05) is 60.7 Å². The molecule has 0 fully saturated rings. The third kappa shape index (κ3) is 4.10. The van der Waals surface area contributed by atoms with E-state index < -0.39 is 11.9 Å². The molecule has 0 saturated heterocycles. The van der Waals surface area contributed by atoms with Gasteiger partial charge in [-0.05, 0) is 31.2 Å². The summed E-state index contributed by atoms with van der Waals surface area (Å²) >= 11 is 0. The predicted molar refractivity (Wildman–Crippen MR) is 133 cm³/mol. The number of hydrogen-bond acceptors (Lipinski definition) is 6. The summed E-state index contributed by atoms with van der Waals surface area (Å²) < 4.78 is 22.7. The van der Waals surface area contributed by atoms with Crippen molar-refractivity contribution in [3.05, 3.63) is 96.1 Å². The third-order valence-corrected chi connectivity index (χ3v) is 5.68. The van der Waals surface area contributed by atoms with Crippen LogP contribution in [0.3, 0.4) is 0 Å². The molecule has 1 heterocycles. The number of benzene rings is 4. The first-order valence-electron chi connectivity index (χ1n) is 11.2. The molecule has 0 radical (unpaired) electrons. The fraction of sp³-hybridized carbons (Fsp3) is 0.103. The Morgan fingerprint density at radius 3 is 2.29 bits per heavy atom. The number of fused-ring (bicyclic) bond motifs is 3. The molecular formula is C29H22O6. The van der Waals surface area contributed by atoms with Crippen LogP contribution in [0.15, 0.2) is 89.3 Å². The topological polar surface area (TPSA) is 75.0 Å². The van der Waals surface area contributed by atoms with Crippen LogP contribution in [0.1, 0.15) is 27.6 Å². The highest BCUT2D eigenvalue weighted by molar-refractivity contribution is 6.17. The first kappa shape index (κ1) is 22.2. The normalized spacial score (nSPS) is 10.9. The van der Waals surface area contributed by atoms with Crippen molar-refractivity contribution in [2.75, 3.05) is 13.7 Å². The molecule has 0 N–H and O–H groups in total. The second kappa shape index (κ2) is 9.35. The van der Waals surface area contributed by atoms with Gasteiger partial charge in [-0.3, -0.25) is 0 Å². The predicted octanol–water partition coefficient (Wildman–Crippen LogP) is 6.66. The maximum Gasteiger partial charge on any atom is 0.343 e. The lowest BCUT2D eigenvalue weighted by Gasteiger charge is -2.10. The number of hydrogen-bond donors (Lipinski definition) is 0. The molecule has 35 heavy (non-hydrogen) atoms. The van der Waals surface area contributed by atoms with Gasteiger partial charge < -0.3 is 18.6 Å². The molecule has 0 spiro atoms. The van der Waals surface area contributed by atoms with Gasteiger partial charge in [0.15, 0.2) is 0 Å². The zero-order chi connectivity index (χ0) is 24.4. The van der Waals surface area contributed by atoms with E-state index in [-0.39, 0.29) is 12.2 Å². The highest BCUT2D eigenvalue weighted by Crippen LogP contribution is 2.41. The molecule has 174 valence electrons. The number of esters is 2. The monoisotopic (exact) mass is 466 g/mol. The van der Waals surface area contributed by atoms with E-state index >= 15 is 0 Å². The van der Waals surface area contributed by atoms with E-state index in [2.05, 4.69) is 0 Å². The van der Waals surface area contributed by atoms with E-state index in [9.17, 15) is 9.59 Å². The first-order chi connectivity index (χ1) is 17.1. The number of methoxy groups -OCH3 is 1. The minimum atomic E-state index is -0.544. The number of rotatable bonds is 6. The summed E-state index contributed by atoms with van der Waals surface area (Å²) in [6.07, 6.45) is 0. The number of carbonyl (C=O) groups excluding carboxylic acids is 2. The van der Waals surface area contributed by atoms with Crippen molar-refractivity contribution < 1.29 is 28.2 Å². The number of furan rings is 1. The van der Waals surface area contributed by atoms with Gasteiger partial charge in [0.05, 0.1) is 19.3 Å². The Hall–Kier alpha value is -4.58. The van der Waals surface area contributed by atoms with Crippen molar-refractivity contribution in [2.45, 2.75) is 6.92 Å². The highest BCUT2D eigenvalue weighted by atomic mass is 16.5. The van der Waals surface area contributed by atoms with Crippen LogP contribution in [0.4, 0.5) is 0 Å². The van der Waals surface area contributed by atoms with Crippen molar-refractivity contribution >= 4 is 33.7 Å². The van der Waals surface area contributed by atoms with Crippen molar-refractivity contribution in [1.82, 2.24) is 0 Å². The van der Waals surface area contributed by atoms with Crippen LogP contribution >= 0.6 is 0 Å². The van der Waals surface area contributed by atoms with Gasteiger partial charge in [0.1, 0.15) is 28.4 Å². The third-order valence-electron chi connectivity index (χ3n) is 5.68. The molecule has 0 unspecified atom stereocenters. The summed E-state index contributed by atoms with van der Waals surface area (Å²) in [5.41, 5.74) is 1.89. The smallest absolute Gasteiger partial charge is 0.343 e. The average Bonchev–Trinajstić information content (AvgIpc) is 3.29. The van der Waals surface area contributed by atoms with E-state index in [0.717, 1.165) is 5.56 Å². The summed E-state index contributed by atoms with van der Waals surface area (Å²) in [5.74, 6) is 0.211. The zero-order valence-corrected chi connectivity index (χ0v) is 19.2. The second-order valence-corrected chi connectivity index (χ2v) is 7.81. The zero-order valence-electron chi connectivity index (χ0n) is 19.2. The number of ether oxygens (including phenoxy) is 3. The maximum atomic E-state index is 13.1. The molecule has 0 aliphatic carbocycles. The lowest BCUT2D eigenvalue weighted by Crippen LogP contribution is -2.09. The van der Waals surface area contributed by atoms with Gasteiger partial charge >= 0.3 is 11.9 Å². The molecule has 4 aromatic carbocycles. The summed E-state index contributed by atoms with van der Waals surface area (Å²) in [5, 5.41) is 1.90. The van der Waals surface area contributed by atoms with Gasteiger partial charge in [-0.25, -0.2) is 9.59 Å². The van der Waals surface area contributed by atoms with Crippen LogP contribution in [0, 0.1) is 0 Å². The summed E-state index contributed by atoms with van der Waals surface area (Å²) in [4.78, 5) is 26.1.